The van der Waals surface area contributed by atoms with Gasteiger partial charge in [0.15, 0.2) is 0 Å². The first kappa shape index (κ1) is 14.1. The minimum Gasteiger partial charge on any atom is -0.326 e. The molecule has 0 aliphatic rings. The van der Waals surface area contributed by atoms with Gasteiger partial charge < -0.3 is 5.73 Å². The van der Waals surface area contributed by atoms with Crippen LogP contribution in [0.5, 0.6) is 0 Å². The second-order valence-corrected chi connectivity index (χ2v) is 4.48. The monoisotopic (exact) mass is 238 g/mol. The summed E-state index contributed by atoms with van der Waals surface area (Å²) < 4.78 is 12.9. The van der Waals surface area contributed by atoms with E-state index in [0.29, 0.717) is 0 Å². The van der Waals surface area contributed by atoms with Crippen molar-refractivity contribution >= 4 is 0 Å². The van der Waals surface area contributed by atoms with Gasteiger partial charge in [-0.05, 0) is 44.1 Å². The van der Waals surface area contributed by atoms with E-state index in [0.717, 1.165) is 25.1 Å². The lowest BCUT2D eigenvalue weighted by Gasteiger charge is -2.33. The van der Waals surface area contributed by atoms with Gasteiger partial charge in [0, 0.05) is 12.1 Å². The third-order valence-corrected chi connectivity index (χ3v) is 3.02. The third-order valence-electron chi connectivity index (χ3n) is 3.02. The molecule has 1 aromatic carbocycles. The molecule has 96 valence electrons. The molecule has 0 bridgehead atoms. The van der Waals surface area contributed by atoms with Crippen molar-refractivity contribution in [1.29, 1.82) is 0 Å². The van der Waals surface area contributed by atoms with E-state index >= 15 is 0 Å². The Kier molecular flexibility index (Phi) is 5.59. The van der Waals surface area contributed by atoms with Crippen LogP contribution in [-0.4, -0.2) is 24.0 Å². The molecule has 1 aromatic rings. The van der Waals surface area contributed by atoms with Crippen molar-refractivity contribution in [2.75, 3.05) is 13.1 Å². The molecule has 1 rings (SSSR count). The summed E-state index contributed by atoms with van der Waals surface area (Å²) in [7, 11) is 0. The minimum absolute atomic E-state index is 0.0342. The van der Waals surface area contributed by atoms with Gasteiger partial charge in [0.25, 0.3) is 0 Å². The lowest BCUT2D eigenvalue weighted by atomic mass is 9.99. The fourth-order valence-corrected chi connectivity index (χ4v) is 2.29. The van der Waals surface area contributed by atoms with Gasteiger partial charge in [0.05, 0.1) is 0 Å². The maximum absolute atomic E-state index is 12.9. The molecule has 3 heteroatoms. The van der Waals surface area contributed by atoms with Gasteiger partial charge in [0.2, 0.25) is 0 Å². The molecule has 0 aromatic heterocycles. The van der Waals surface area contributed by atoms with Crippen LogP contribution >= 0.6 is 0 Å². The van der Waals surface area contributed by atoms with E-state index < -0.39 is 0 Å². The van der Waals surface area contributed by atoms with Gasteiger partial charge in [-0.1, -0.05) is 26.0 Å². The SMILES string of the molecule is CCCN(CC)C(c1ccc(F)cc1)C(C)N. The Labute approximate surface area is 104 Å². The van der Waals surface area contributed by atoms with Crippen LogP contribution in [0.4, 0.5) is 4.39 Å². The molecule has 2 N–H and O–H groups in total. The van der Waals surface area contributed by atoms with Crippen molar-refractivity contribution in [3.8, 4) is 0 Å². The molecule has 0 amide bonds. The largest absolute Gasteiger partial charge is 0.326 e. The number of halogens is 1. The maximum Gasteiger partial charge on any atom is 0.123 e. The average Bonchev–Trinajstić information content (AvgIpc) is 2.30. The van der Waals surface area contributed by atoms with Crippen LogP contribution in [0.1, 0.15) is 38.8 Å². The Morgan fingerprint density at radius 3 is 2.24 bits per heavy atom. The summed E-state index contributed by atoms with van der Waals surface area (Å²) in [6.45, 7) is 8.27. The third kappa shape index (κ3) is 3.79. The molecular weight excluding hydrogens is 215 g/mol. The molecule has 0 heterocycles. The summed E-state index contributed by atoms with van der Waals surface area (Å²) in [5, 5.41) is 0. The predicted molar refractivity (Wildman–Crippen MR) is 70.3 cm³/mol. The van der Waals surface area contributed by atoms with Gasteiger partial charge in [0.1, 0.15) is 5.82 Å². The smallest absolute Gasteiger partial charge is 0.123 e. The number of hydrogen-bond donors (Lipinski definition) is 1. The van der Waals surface area contributed by atoms with E-state index in [2.05, 4.69) is 18.7 Å². The van der Waals surface area contributed by atoms with Gasteiger partial charge in [-0.3, -0.25) is 4.90 Å². The molecular formula is C14H23FN2. The molecule has 2 unspecified atom stereocenters. The minimum atomic E-state index is -0.198. The van der Waals surface area contributed by atoms with E-state index in [4.69, 9.17) is 5.73 Å². The fourth-order valence-electron chi connectivity index (χ4n) is 2.29. The molecule has 0 aliphatic heterocycles. The Balaban J connectivity index is 2.95. The molecule has 0 fully saturated rings. The standard InChI is InChI=1S/C14H23FN2/c1-4-10-17(5-2)14(11(3)16)12-6-8-13(15)9-7-12/h6-9,11,14H,4-5,10,16H2,1-3H3. The molecule has 0 spiro atoms. The van der Waals surface area contributed by atoms with Gasteiger partial charge in [-0.15, -0.1) is 0 Å². The molecule has 2 atom stereocenters. The zero-order valence-corrected chi connectivity index (χ0v) is 11.0. The summed E-state index contributed by atoms with van der Waals surface area (Å²) in [5.41, 5.74) is 7.17. The van der Waals surface area contributed by atoms with Crippen LogP contribution < -0.4 is 5.73 Å². The normalized spacial score (nSPS) is 14.9. The Hall–Kier alpha value is -0.930. The summed E-state index contributed by atoms with van der Waals surface area (Å²) >= 11 is 0. The van der Waals surface area contributed by atoms with E-state index in [9.17, 15) is 4.39 Å². The van der Waals surface area contributed by atoms with E-state index in [1.807, 2.05) is 19.1 Å². The maximum atomic E-state index is 12.9. The highest BCUT2D eigenvalue weighted by Crippen LogP contribution is 2.23. The van der Waals surface area contributed by atoms with Crippen molar-refractivity contribution in [3.05, 3.63) is 35.6 Å². The highest BCUT2D eigenvalue weighted by Gasteiger charge is 2.22. The van der Waals surface area contributed by atoms with Crippen LogP contribution in [0, 0.1) is 5.82 Å². The van der Waals surface area contributed by atoms with Crippen LogP contribution in [0.15, 0.2) is 24.3 Å². The summed E-state index contributed by atoms with van der Waals surface area (Å²) in [6.07, 6.45) is 1.10. The van der Waals surface area contributed by atoms with Crippen LogP contribution in [0.3, 0.4) is 0 Å². The summed E-state index contributed by atoms with van der Waals surface area (Å²) in [6, 6.07) is 6.88. The van der Waals surface area contributed by atoms with Gasteiger partial charge >= 0.3 is 0 Å². The van der Waals surface area contributed by atoms with Crippen molar-refractivity contribution in [2.45, 2.75) is 39.3 Å². The zero-order valence-electron chi connectivity index (χ0n) is 11.0. The number of rotatable bonds is 6. The van der Waals surface area contributed by atoms with Gasteiger partial charge in [-0.2, -0.15) is 0 Å². The number of hydrogen-bond acceptors (Lipinski definition) is 2. The molecule has 0 saturated carbocycles. The average molecular weight is 238 g/mol. The summed E-state index contributed by atoms with van der Waals surface area (Å²) in [5.74, 6) is -0.198. The number of likely N-dealkylation sites (N-methyl/N-ethyl adjacent to an activating group) is 1. The molecule has 0 radical (unpaired) electrons. The van der Waals surface area contributed by atoms with E-state index in [1.54, 1.807) is 0 Å². The Bertz CT molecular complexity index is 321. The molecule has 0 aliphatic carbocycles. The van der Waals surface area contributed by atoms with Crippen LogP contribution in [-0.2, 0) is 0 Å². The second kappa shape index (κ2) is 6.72. The molecule has 2 nitrogen and oxygen atoms in total. The lowest BCUT2D eigenvalue weighted by Crippen LogP contribution is -2.39. The van der Waals surface area contributed by atoms with Crippen LogP contribution in [0.2, 0.25) is 0 Å². The first-order chi connectivity index (χ1) is 8.10. The fraction of sp³-hybridized carbons (Fsp3) is 0.571. The first-order valence-electron chi connectivity index (χ1n) is 6.35. The number of benzene rings is 1. The topological polar surface area (TPSA) is 29.3 Å². The van der Waals surface area contributed by atoms with E-state index in [-0.39, 0.29) is 17.9 Å². The Morgan fingerprint density at radius 2 is 1.82 bits per heavy atom. The zero-order chi connectivity index (χ0) is 12.8. The predicted octanol–water partition coefficient (Wildman–Crippen LogP) is 2.95. The molecule has 0 saturated heterocycles. The highest BCUT2D eigenvalue weighted by molar-refractivity contribution is 5.21. The first-order valence-corrected chi connectivity index (χ1v) is 6.35. The highest BCUT2D eigenvalue weighted by atomic mass is 19.1. The van der Waals surface area contributed by atoms with Crippen molar-refractivity contribution in [2.24, 2.45) is 5.73 Å². The Morgan fingerprint density at radius 1 is 1.24 bits per heavy atom. The quantitative estimate of drug-likeness (QED) is 0.825. The van der Waals surface area contributed by atoms with Crippen LogP contribution in [0.25, 0.3) is 0 Å². The van der Waals surface area contributed by atoms with E-state index in [1.165, 1.54) is 12.1 Å². The van der Waals surface area contributed by atoms with Gasteiger partial charge in [-0.25, -0.2) is 4.39 Å². The second-order valence-electron chi connectivity index (χ2n) is 4.48. The molecule has 17 heavy (non-hydrogen) atoms. The van der Waals surface area contributed by atoms with Crippen molar-refractivity contribution < 1.29 is 4.39 Å². The van der Waals surface area contributed by atoms with Crippen molar-refractivity contribution in [1.82, 2.24) is 4.90 Å². The summed E-state index contributed by atoms with van der Waals surface area (Å²) in [4.78, 5) is 2.35. The lowest BCUT2D eigenvalue weighted by molar-refractivity contribution is 0.186. The van der Waals surface area contributed by atoms with Crippen molar-refractivity contribution in [3.63, 3.8) is 0 Å². The number of nitrogens with zero attached hydrogens (tertiary/aromatic N) is 1. The number of nitrogens with two attached hydrogens (primary N) is 1.